The lowest BCUT2D eigenvalue weighted by Crippen LogP contribution is -2.12. The second-order valence-electron chi connectivity index (χ2n) is 8.45. The summed E-state index contributed by atoms with van der Waals surface area (Å²) in [6, 6.07) is 22.0. The lowest BCUT2D eigenvalue weighted by atomic mass is 10.1. The zero-order valence-electron chi connectivity index (χ0n) is 19.7. The second kappa shape index (κ2) is 9.83. The fourth-order valence-corrected chi connectivity index (χ4v) is 5.66. The Morgan fingerprint density at radius 3 is 2.64 bits per heavy atom. The number of rotatable bonds is 9. The molecule has 0 unspecified atom stereocenters. The van der Waals surface area contributed by atoms with Crippen molar-refractivity contribution in [3.05, 3.63) is 96.3 Å². The van der Waals surface area contributed by atoms with E-state index in [-0.39, 0.29) is 4.90 Å². The molecule has 2 heterocycles. The van der Waals surface area contributed by atoms with E-state index in [4.69, 9.17) is 4.74 Å². The van der Waals surface area contributed by atoms with Crippen LogP contribution in [-0.4, -0.2) is 30.8 Å². The molecule has 0 aliphatic heterocycles. The summed E-state index contributed by atoms with van der Waals surface area (Å²) in [5.41, 5.74) is 4.18. The van der Waals surface area contributed by atoms with Crippen LogP contribution in [0.25, 0.3) is 21.8 Å². The number of aldehydes is 1. The van der Waals surface area contributed by atoms with Crippen LogP contribution in [0.4, 0.5) is 5.69 Å². The van der Waals surface area contributed by atoms with E-state index in [1.807, 2.05) is 42.5 Å². The van der Waals surface area contributed by atoms with E-state index in [1.165, 1.54) is 3.97 Å². The van der Waals surface area contributed by atoms with Crippen molar-refractivity contribution in [1.29, 1.82) is 0 Å². The molecule has 182 valence electrons. The van der Waals surface area contributed by atoms with Gasteiger partial charge in [-0.2, -0.15) is 0 Å². The van der Waals surface area contributed by atoms with Crippen molar-refractivity contribution >= 4 is 43.8 Å². The molecule has 36 heavy (non-hydrogen) atoms. The number of fused-ring (bicyclic) bond motifs is 2. The normalized spacial score (nSPS) is 11.6. The molecule has 7 nitrogen and oxygen atoms in total. The van der Waals surface area contributed by atoms with Gasteiger partial charge in [-0.1, -0.05) is 18.2 Å². The van der Waals surface area contributed by atoms with Gasteiger partial charge in [0.05, 0.1) is 23.0 Å². The second-order valence-corrected chi connectivity index (χ2v) is 10.3. The first-order valence-corrected chi connectivity index (χ1v) is 13.0. The van der Waals surface area contributed by atoms with Crippen LogP contribution < -0.4 is 10.1 Å². The third-order valence-electron chi connectivity index (χ3n) is 6.17. The summed E-state index contributed by atoms with van der Waals surface area (Å²) in [6.07, 6.45) is 4.97. The number of pyridine rings is 1. The van der Waals surface area contributed by atoms with E-state index in [1.54, 1.807) is 49.8 Å². The minimum atomic E-state index is -3.84. The highest BCUT2D eigenvalue weighted by molar-refractivity contribution is 7.90. The Hall–Kier alpha value is -4.17. The molecule has 1 N–H and O–H groups in total. The molecule has 0 aliphatic carbocycles. The summed E-state index contributed by atoms with van der Waals surface area (Å²) in [5.74, 6) is 0.629. The van der Waals surface area contributed by atoms with E-state index in [0.29, 0.717) is 30.7 Å². The number of carbonyl (C=O) groups is 1. The molecule has 0 saturated heterocycles. The SMILES string of the molecule is COc1ccc2c(c1)c(CCC=O)cn2S(=O)(=O)c1ccc(CNc2ccc3ncccc3c2)cc1. The smallest absolute Gasteiger partial charge is 0.268 e. The Kier molecular flexibility index (Phi) is 6.43. The number of aromatic nitrogens is 2. The van der Waals surface area contributed by atoms with Crippen molar-refractivity contribution in [2.75, 3.05) is 12.4 Å². The van der Waals surface area contributed by atoms with Gasteiger partial charge >= 0.3 is 0 Å². The Labute approximate surface area is 209 Å². The summed E-state index contributed by atoms with van der Waals surface area (Å²) in [6.45, 7) is 0.550. The van der Waals surface area contributed by atoms with E-state index < -0.39 is 10.0 Å². The van der Waals surface area contributed by atoms with Crippen LogP contribution in [0.1, 0.15) is 17.5 Å². The Morgan fingerprint density at radius 1 is 1.03 bits per heavy atom. The lowest BCUT2D eigenvalue weighted by Gasteiger charge is -2.10. The van der Waals surface area contributed by atoms with Crippen LogP contribution in [0.2, 0.25) is 0 Å². The molecule has 8 heteroatoms. The number of hydrogen-bond acceptors (Lipinski definition) is 6. The largest absolute Gasteiger partial charge is 0.497 e. The van der Waals surface area contributed by atoms with Gasteiger partial charge in [0.1, 0.15) is 12.0 Å². The third-order valence-corrected chi connectivity index (χ3v) is 7.86. The van der Waals surface area contributed by atoms with E-state index in [2.05, 4.69) is 10.3 Å². The monoisotopic (exact) mass is 499 g/mol. The number of anilines is 1. The Morgan fingerprint density at radius 2 is 1.86 bits per heavy atom. The maximum absolute atomic E-state index is 13.5. The van der Waals surface area contributed by atoms with Crippen molar-refractivity contribution in [3.8, 4) is 5.75 Å². The molecule has 0 atom stereocenters. The summed E-state index contributed by atoms with van der Waals surface area (Å²) in [5, 5.41) is 5.18. The first-order chi connectivity index (χ1) is 17.5. The van der Waals surface area contributed by atoms with Gasteiger partial charge in [0.2, 0.25) is 0 Å². The number of ether oxygens (including phenoxy) is 1. The number of methoxy groups -OCH3 is 1. The molecular weight excluding hydrogens is 474 g/mol. The molecule has 0 spiro atoms. The van der Waals surface area contributed by atoms with Crippen LogP contribution in [0.5, 0.6) is 5.75 Å². The highest BCUT2D eigenvalue weighted by Crippen LogP contribution is 2.30. The van der Waals surface area contributed by atoms with Gasteiger partial charge in [0.15, 0.2) is 0 Å². The first kappa shape index (κ1) is 23.6. The first-order valence-electron chi connectivity index (χ1n) is 11.5. The number of benzene rings is 3. The fraction of sp³-hybridized carbons (Fsp3) is 0.143. The average Bonchev–Trinajstić information content (AvgIpc) is 3.29. The van der Waals surface area contributed by atoms with Crippen molar-refractivity contribution in [2.45, 2.75) is 24.3 Å². The van der Waals surface area contributed by atoms with Gasteiger partial charge in [0, 0.05) is 41.8 Å². The van der Waals surface area contributed by atoms with Crippen molar-refractivity contribution < 1.29 is 17.9 Å². The van der Waals surface area contributed by atoms with E-state index in [0.717, 1.165) is 39.4 Å². The van der Waals surface area contributed by atoms with Crippen molar-refractivity contribution in [1.82, 2.24) is 8.96 Å². The van der Waals surface area contributed by atoms with Crippen LogP contribution in [-0.2, 0) is 27.8 Å². The van der Waals surface area contributed by atoms with Gasteiger partial charge in [-0.05, 0) is 72.1 Å². The zero-order valence-corrected chi connectivity index (χ0v) is 20.5. The summed E-state index contributed by atoms with van der Waals surface area (Å²) >= 11 is 0. The van der Waals surface area contributed by atoms with E-state index in [9.17, 15) is 13.2 Å². The minimum Gasteiger partial charge on any atom is -0.497 e. The van der Waals surface area contributed by atoms with Crippen LogP contribution in [0.15, 0.2) is 90.1 Å². The summed E-state index contributed by atoms with van der Waals surface area (Å²) in [4.78, 5) is 15.5. The van der Waals surface area contributed by atoms with Gasteiger partial charge < -0.3 is 14.8 Å². The van der Waals surface area contributed by atoms with Gasteiger partial charge in [-0.25, -0.2) is 12.4 Å². The summed E-state index contributed by atoms with van der Waals surface area (Å²) in [7, 11) is -2.27. The van der Waals surface area contributed by atoms with Crippen LogP contribution in [0.3, 0.4) is 0 Å². The molecule has 0 bridgehead atoms. The quantitative estimate of drug-likeness (QED) is 0.281. The number of carbonyl (C=O) groups excluding carboxylic acids is 1. The van der Waals surface area contributed by atoms with Gasteiger partial charge in [-0.15, -0.1) is 0 Å². The van der Waals surface area contributed by atoms with Crippen LogP contribution in [0, 0.1) is 0 Å². The number of hydrogen-bond donors (Lipinski definition) is 1. The molecule has 0 amide bonds. The fourth-order valence-electron chi connectivity index (χ4n) is 4.27. The van der Waals surface area contributed by atoms with Crippen molar-refractivity contribution in [3.63, 3.8) is 0 Å². The molecule has 0 fully saturated rings. The highest BCUT2D eigenvalue weighted by Gasteiger charge is 2.21. The van der Waals surface area contributed by atoms with Gasteiger partial charge in [0.25, 0.3) is 10.0 Å². The van der Waals surface area contributed by atoms with E-state index >= 15 is 0 Å². The minimum absolute atomic E-state index is 0.192. The predicted octanol–water partition coefficient (Wildman–Crippen LogP) is 5.18. The summed E-state index contributed by atoms with van der Waals surface area (Å²) < 4.78 is 33.7. The molecule has 0 radical (unpaired) electrons. The standard InChI is InChI=1S/C28H25N3O4S/c1-35-24-9-13-28-26(17-24)22(5-3-15-32)19-31(28)36(33,34)25-10-6-20(7-11-25)18-30-23-8-12-27-21(16-23)4-2-14-29-27/h2,4,6-17,19,30H,3,5,18H2,1H3. The molecule has 0 aliphatic rings. The molecule has 5 rings (SSSR count). The van der Waals surface area contributed by atoms with Gasteiger partial charge in [-0.3, -0.25) is 4.98 Å². The Bertz CT molecular complexity index is 1660. The predicted molar refractivity (Wildman–Crippen MR) is 141 cm³/mol. The highest BCUT2D eigenvalue weighted by atomic mass is 32.2. The number of aryl methyl sites for hydroxylation is 1. The van der Waals surface area contributed by atoms with Crippen molar-refractivity contribution in [2.24, 2.45) is 0 Å². The molecule has 5 aromatic rings. The number of nitrogens with zero attached hydrogens (tertiary/aromatic N) is 2. The molecular formula is C28H25N3O4S. The topological polar surface area (TPSA) is 90.3 Å². The number of nitrogens with one attached hydrogen (secondary N) is 1. The lowest BCUT2D eigenvalue weighted by molar-refractivity contribution is -0.107. The average molecular weight is 500 g/mol. The maximum Gasteiger partial charge on any atom is 0.268 e. The molecule has 3 aromatic carbocycles. The zero-order chi connectivity index (χ0) is 25.1. The molecule has 2 aromatic heterocycles. The Balaban J connectivity index is 1.39. The maximum atomic E-state index is 13.5. The third kappa shape index (κ3) is 4.55. The molecule has 0 saturated carbocycles. The van der Waals surface area contributed by atoms with Crippen LogP contribution >= 0.6 is 0 Å².